The van der Waals surface area contributed by atoms with Crippen LogP contribution in [0.4, 0.5) is 13.2 Å². The molecule has 7 heteroatoms. The van der Waals surface area contributed by atoms with Crippen molar-refractivity contribution in [3.8, 4) is 0 Å². The predicted octanol–water partition coefficient (Wildman–Crippen LogP) is 1.16. The van der Waals surface area contributed by atoms with E-state index in [0.29, 0.717) is 0 Å². The van der Waals surface area contributed by atoms with Crippen LogP contribution in [0.1, 0.15) is 0 Å². The maximum atomic E-state index is 12.0. The number of sulfone groups is 1. The van der Waals surface area contributed by atoms with Gasteiger partial charge in [-0.25, -0.2) is 12.8 Å². The largest absolute Gasteiger partial charge is 0.389 e. The summed E-state index contributed by atoms with van der Waals surface area (Å²) in [7, 11) is -4.74. The fourth-order valence-electron chi connectivity index (χ4n) is 0.162. The summed E-state index contributed by atoms with van der Waals surface area (Å²) >= 11 is 4.26. The molecular weight excluding hydrogens is 193 g/mol. The molecule has 0 saturated heterocycles. The minimum absolute atomic E-state index is 0.210. The smallest absolute Gasteiger partial charge is 0.223 e. The Hall–Kier alpha value is 0.0300. The van der Waals surface area contributed by atoms with Crippen LogP contribution >= 0.6 is 11.6 Å². The average molecular weight is 197 g/mol. The van der Waals surface area contributed by atoms with E-state index in [1.807, 2.05) is 0 Å². The Balaban J connectivity index is 4.76. The zero-order chi connectivity index (χ0) is 8.58. The van der Waals surface area contributed by atoms with Gasteiger partial charge in [0.1, 0.15) is 0 Å². The first-order valence-electron chi connectivity index (χ1n) is 2.05. The normalized spacial score (nSPS) is 16.9. The van der Waals surface area contributed by atoms with Gasteiger partial charge in [0, 0.05) is 6.26 Å². The summed E-state index contributed by atoms with van der Waals surface area (Å²) in [6, 6.07) is 0. The van der Waals surface area contributed by atoms with Gasteiger partial charge in [0.05, 0.1) is 0 Å². The Morgan fingerprint density at radius 1 is 1.50 bits per heavy atom. The molecule has 0 aliphatic heterocycles. The molecule has 0 aromatic carbocycles. The van der Waals surface area contributed by atoms with E-state index in [2.05, 4.69) is 11.6 Å². The summed E-state index contributed by atoms with van der Waals surface area (Å²) in [6.45, 7) is 0. The lowest BCUT2D eigenvalue weighted by Gasteiger charge is -2.12. The molecule has 0 radical (unpaired) electrons. The van der Waals surface area contributed by atoms with Gasteiger partial charge in [-0.3, -0.25) is 0 Å². The lowest BCUT2D eigenvalue weighted by atomic mass is 10.8. The monoisotopic (exact) mass is 196 g/mol. The highest BCUT2D eigenvalue weighted by Gasteiger charge is 2.49. The topological polar surface area (TPSA) is 34.1 Å². The number of rotatable bonds is 2. The first-order valence-corrected chi connectivity index (χ1v) is 4.38. The van der Waals surface area contributed by atoms with E-state index in [1.54, 1.807) is 0 Å². The summed E-state index contributed by atoms with van der Waals surface area (Å²) in [4.78, 5) is 0. The molecule has 0 amide bonds. The van der Waals surface area contributed by atoms with Crippen LogP contribution in [0, 0.1) is 0 Å². The summed E-state index contributed by atoms with van der Waals surface area (Å²) in [5.41, 5.74) is -3.19. The summed E-state index contributed by atoms with van der Waals surface area (Å²) in [5, 5.41) is -4.49. The van der Waals surface area contributed by atoms with E-state index in [4.69, 9.17) is 0 Å². The molecule has 0 aromatic rings. The molecule has 0 N–H and O–H groups in total. The third-order valence-corrected chi connectivity index (χ3v) is 2.35. The molecule has 0 aliphatic rings. The zero-order valence-electron chi connectivity index (χ0n) is 4.81. The SMILES string of the molecule is CS(=O)(=O)C(F)(F)C(F)Cl. The second kappa shape index (κ2) is 2.58. The highest BCUT2D eigenvalue weighted by molar-refractivity contribution is 7.91. The number of halogens is 4. The van der Waals surface area contributed by atoms with Crippen LogP contribution in [0.5, 0.6) is 0 Å². The van der Waals surface area contributed by atoms with Gasteiger partial charge >= 0.3 is 5.25 Å². The maximum absolute atomic E-state index is 12.0. The molecule has 0 fully saturated rings. The van der Waals surface area contributed by atoms with E-state index < -0.39 is 20.7 Å². The molecule has 0 aromatic heterocycles. The quantitative estimate of drug-likeness (QED) is 0.621. The zero-order valence-corrected chi connectivity index (χ0v) is 6.39. The van der Waals surface area contributed by atoms with E-state index in [1.165, 1.54) is 0 Å². The molecule has 10 heavy (non-hydrogen) atoms. The van der Waals surface area contributed by atoms with E-state index >= 15 is 0 Å². The maximum Gasteiger partial charge on any atom is 0.389 e. The molecule has 0 heterocycles. The molecule has 2 nitrogen and oxygen atoms in total. The van der Waals surface area contributed by atoms with Crippen LogP contribution in [-0.2, 0) is 9.84 Å². The number of alkyl halides is 4. The van der Waals surface area contributed by atoms with Crippen molar-refractivity contribution in [2.75, 3.05) is 6.26 Å². The molecule has 0 rings (SSSR count). The van der Waals surface area contributed by atoms with E-state index in [0.717, 1.165) is 0 Å². The molecule has 1 unspecified atom stereocenters. The van der Waals surface area contributed by atoms with Gasteiger partial charge in [0.25, 0.3) is 5.63 Å². The average Bonchev–Trinajstić information content (AvgIpc) is 1.62. The number of hydrogen-bond donors (Lipinski definition) is 0. The van der Waals surface area contributed by atoms with Crippen LogP contribution in [0.3, 0.4) is 0 Å². The number of hydrogen-bond acceptors (Lipinski definition) is 2. The van der Waals surface area contributed by atoms with Gasteiger partial charge in [-0.2, -0.15) is 8.78 Å². The molecule has 1 atom stereocenters. The highest BCUT2D eigenvalue weighted by Crippen LogP contribution is 2.29. The van der Waals surface area contributed by atoms with Crippen LogP contribution < -0.4 is 0 Å². The van der Waals surface area contributed by atoms with Gasteiger partial charge in [-0.1, -0.05) is 11.6 Å². The van der Waals surface area contributed by atoms with Crippen molar-refractivity contribution in [1.82, 2.24) is 0 Å². The van der Waals surface area contributed by atoms with Crippen LogP contribution in [0.25, 0.3) is 0 Å². The fraction of sp³-hybridized carbons (Fsp3) is 1.00. The van der Waals surface area contributed by atoms with Crippen molar-refractivity contribution < 1.29 is 21.6 Å². The first-order chi connectivity index (χ1) is 4.19. The van der Waals surface area contributed by atoms with Crippen molar-refractivity contribution in [3.63, 3.8) is 0 Å². The Kier molecular flexibility index (Phi) is 2.59. The Morgan fingerprint density at radius 3 is 1.80 bits per heavy atom. The van der Waals surface area contributed by atoms with E-state index in [-0.39, 0.29) is 6.26 Å². The molecule has 0 spiro atoms. The fourth-order valence-corrected chi connectivity index (χ4v) is 0.971. The van der Waals surface area contributed by atoms with Gasteiger partial charge in [-0.05, 0) is 0 Å². The molecular formula is C3H4ClF3O2S. The molecule has 0 bridgehead atoms. The predicted molar refractivity (Wildman–Crippen MR) is 30.5 cm³/mol. The Labute approximate surface area is 60.9 Å². The van der Waals surface area contributed by atoms with E-state index in [9.17, 15) is 21.6 Å². The van der Waals surface area contributed by atoms with Crippen molar-refractivity contribution >= 4 is 21.4 Å². The third kappa shape index (κ3) is 1.76. The molecule has 0 saturated carbocycles. The van der Waals surface area contributed by atoms with Crippen molar-refractivity contribution in [3.05, 3.63) is 0 Å². The summed E-state index contributed by atoms with van der Waals surface area (Å²) in [6.07, 6.45) is 0.210. The summed E-state index contributed by atoms with van der Waals surface area (Å²) in [5.74, 6) is 0. The molecule has 62 valence electrons. The second-order valence-electron chi connectivity index (χ2n) is 1.63. The standard InChI is InChI=1S/C3H4ClF3O2S/c1-10(8,9)3(6,7)2(4)5/h2H,1H3. The van der Waals surface area contributed by atoms with Gasteiger partial charge in [0.15, 0.2) is 0 Å². The Morgan fingerprint density at radius 2 is 1.80 bits per heavy atom. The minimum Gasteiger partial charge on any atom is -0.223 e. The van der Waals surface area contributed by atoms with Gasteiger partial charge in [-0.15, -0.1) is 0 Å². The summed E-state index contributed by atoms with van der Waals surface area (Å²) < 4.78 is 55.6. The van der Waals surface area contributed by atoms with Crippen molar-refractivity contribution in [1.29, 1.82) is 0 Å². The van der Waals surface area contributed by atoms with Crippen molar-refractivity contribution in [2.45, 2.75) is 10.9 Å². The lowest BCUT2D eigenvalue weighted by Crippen LogP contribution is -2.34. The second-order valence-corrected chi connectivity index (χ2v) is 4.11. The lowest BCUT2D eigenvalue weighted by molar-refractivity contribution is 0.0431. The van der Waals surface area contributed by atoms with Gasteiger partial charge < -0.3 is 0 Å². The van der Waals surface area contributed by atoms with Crippen molar-refractivity contribution in [2.24, 2.45) is 0 Å². The first kappa shape index (κ1) is 10.0. The van der Waals surface area contributed by atoms with Crippen LogP contribution in [-0.4, -0.2) is 25.6 Å². The Bertz CT molecular complexity index is 210. The minimum atomic E-state index is -4.74. The third-order valence-electron chi connectivity index (χ3n) is 0.748. The molecule has 0 aliphatic carbocycles. The van der Waals surface area contributed by atoms with Crippen LogP contribution in [0.2, 0.25) is 0 Å². The highest BCUT2D eigenvalue weighted by atomic mass is 35.5. The van der Waals surface area contributed by atoms with Crippen LogP contribution in [0.15, 0.2) is 0 Å². The van der Waals surface area contributed by atoms with Gasteiger partial charge in [0.2, 0.25) is 9.84 Å².